The first kappa shape index (κ1) is 18.4. The second-order valence-electron chi connectivity index (χ2n) is 4.98. The number of halogens is 3. The first-order valence-corrected chi connectivity index (χ1v) is 7.42. The lowest BCUT2D eigenvalue weighted by Crippen LogP contribution is -2.38. The van der Waals surface area contributed by atoms with E-state index in [0.717, 1.165) is 0 Å². The Morgan fingerprint density at radius 1 is 1.43 bits per heavy atom. The maximum atomic E-state index is 11.6. The zero-order chi connectivity index (χ0) is 14.5. The monoisotopic (exact) mass is 352 g/mol. The minimum absolute atomic E-state index is 0. The van der Waals surface area contributed by atoms with Crippen LogP contribution in [0, 0.1) is 5.92 Å². The number of nitrogens with two attached hydrogens (primary N) is 1. The topological polar surface area (TPSA) is 64.3 Å². The summed E-state index contributed by atoms with van der Waals surface area (Å²) in [6, 6.07) is 5.06. The highest BCUT2D eigenvalue weighted by atomic mass is 35.5. The maximum Gasteiger partial charge on any atom is 0.223 e. The van der Waals surface area contributed by atoms with Crippen molar-refractivity contribution < 1.29 is 9.53 Å². The summed E-state index contributed by atoms with van der Waals surface area (Å²) in [7, 11) is 0. The SMILES string of the molecule is Cl.NC(CNC(=O)CCOc1ccc(Cl)cc1Cl)C1CC1. The van der Waals surface area contributed by atoms with Crippen LogP contribution in [0.5, 0.6) is 5.75 Å². The van der Waals surface area contributed by atoms with Crippen molar-refractivity contribution in [1.82, 2.24) is 5.32 Å². The Balaban J connectivity index is 0.00000220. The quantitative estimate of drug-likeness (QED) is 0.792. The van der Waals surface area contributed by atoms with Crippen molar-refractivity contribution in [2.24, 2.45) is 11.7 Å². The van der Waals surface area contributed by atoms with Crippen molar-refractivity contribution in [3.05, 3.63) is 28.2 Å². The van der Waals surface area contributed by atoms with E-state index in [1.54, 1.807) is 18.2 Å². The third-order valence-electron chi connectivity index (χ3n) is 3.24. The highest BCUT2D eigenvalue weighted by molar-refractivity contribution is 6.35. The summed E-state index contributed by atoms with van der Waals surface area (Å²) in [6.07, 6.45) is 2.63. The van der Waals surface area contributed by atoms with E-state index in [1.807, 2.05) is 0 Å². The van der Waals surface area contributed by atoms with Crippen molar-refractivity contribution in [3.8, 4) is 5.75 Å². The minimum Gasteiger partial charge on any atom is -0.491 e. The van der Waals surface area contributed by atoms with Gasteiger partial charge in [-0.1, -0.05) is 23.2 Å². The highest BCUT2D eigenvalue weighted by Crippen LogP contribution is 2.31. The Labute approximate surface area is 140 Å². The van der Waals surface area contributed by atoms with Gasteiger partial charge in [-0.2, -0.15) is 0 Å². The minimum atomic E-state index is -0.0637. The molecule has 4 nitrogen and oxygen atoms in total. The normalized spacial score (nSPS) is 15.0. The van der Waals surface area contributed by atoms with E-state index in [4.69, 9.17) is 33.7 Å². The molecule has 1 aromatic rings. The van der Waals surface area contributed by atoms with Gasteiger partial charge in [0, 0.05) is 17.6 Å². The number of nitrogens with one attached hydrogen (secondary N) is 1. The first-order chi connectivity index (χ1) is 9.56. The molecule has 1 fully saturated rings. The van der Waals surface area contributed by atoms with Crippen LogP contribution < -0.4 is 15.8 Å². The molecule has 21 heavy (non-hydrogen) atoms. The van der Waals surface area contributed by atoms with Crippen LogP contribution in [0.15, 0.2) is 18.2 Å². The second kappa shape index (κ2) is 8.69. The number of hydrogen-bond donors (Lipinski definition) is 2. The molecule has 1 amide bonds. The van der Waals surface area contributed by atoms with Gasteiger partial charge in [-0.05, 0) is 37.0 Å². The van der Waals surface area contributed by atoms with Gasteiger partial charge >= 0.3 is 0 Å². The molecule has 0 spiro atoms. The highest BCUT2D eigenvalue weighted by Gasteiger charge is 2.28. The molecule has 1 unspecified atom stereocenters. The molecule has 1 aliphatic carbocycles. The van der Waals surface area contributed by atoms with E-state index in [9.17, 15) is 4.79 Å². The number of carbonyl (C=O) groups excluding carboxylic acids is 1. The Bertz CT molecular complexity index is 481. The number of rotatable bonds is 7. The summed E-state index contributed by atoms with van der Waals surface area (Å²) in [4.78, 5) is 11.6. The Hall–Kier alpha value is -0.680. The molecule has 2 rings (SSSR count). The van der Waals surface area contributed by atoms with Crippen LogP contribution in [0.4, 0.5) is 0 Å². The molecule has 1 atom stereocenters. The molecule has 0 saturated heterocycles. The van der Waals surface area contributed by atoms with Crippen molar-refractivity contribution in [3.63, 3.8) is 0 Å². The Morgan fingerprint density at radius 3 is 2.76 bits per heavy atom. The van der Waals surface area contributed by atoms with Crippen molar-refractivity contribution in [1.29, 1.82) is 0 Å². The molecule has 0 aromatic heterocycles. The molecule has 0 bridgehead atoms. The van der Waals surface area contributed by atoms with Crippen LogP contribution in [-0.2, 0) is 4.79 Å². The fraction of sp³-hybridized carbons (Fsp3) is 0.500. The summed E-state index contributed by atoms with van der Waals surface area (Å²) in [5.41, 5.74) is 5.91. The second-order valence-corrected chi connectivity index (χ2v) is 5.82. The average molecular weight is 354 g/mol. The van der Waals surface area contributed by atoms with Gasteiger partial charge in [-0.25, -0.2) is 0 Å². The van der Waals surface area contributed by atoms with Crippen LogP contribution in [0.1, 0.15) is 19.3 Å². The van der Waals surface area contributed by atoms with Crippen molar-refractivity contribution in [2.75, 3.05) is 13.2 Å². The molecule has 1 aromatic carbocycles. The predicted molar refractivity (Wildman–Crippen MR) is 87.5 cm³/mol. The third-order valence-corrected chi connectivity index (χ3v) is 3.77. The zero-order valence-electron chi connectivity index (χ0n) is 11.5. The standard InChI is InChI=1S/C14H18Cl2N2O2.ClH/c15-10-3-4-13(11(16)7-10)20-6-5-14(19)18-8-12(17)9-1-2-9;/h3-4,7,9,12H,1-2,5-6,8,17H2,(H,18,19);1H. The molecule has 0 aliphatic heterocycles. The molecular formula is C14H19Cl3N2O2. The molecular weight excluding hydrogens is 335 g/mol. The third kappa shape index (κ3) is 6.30. The lowest BCUT2D eigenvalue weighted by molar-refractivity contribution is -0.121. The summed E-state index contributed by atoms with van der Waals surface area (Å²) in [6.45, 7) is 0.803. The summed E-state index contributed by atoms with van der Waals surface area (Å²) >= 11 is 11.7. The van der Waals surface area contributed by atoms with E-state index in [0.29, 0.717) is 28.3 Å². The number of hydrogen-bond acceptors (Lipinski definition) is 3. The van der Waals surface area contributed by atoms with Crippen molar-refractivity contribution >= 4 is 41.5 Å². The van der Waals surface area contributed by atoms with E-state index >= 15 is 0 Å². The average Bonchev–Trinajstić information content (AvgIpc) is 3.23. The Kier molecular flexibility index (Phi) is 7.60. The van der Waals surface area contributed by atoms with E-state index in [2.05, 4.69) is 5.32 Å². The number of carbonyl (C=O) groups is 1. The van der Waals surface area contributed by atoms with Gasteiger partial charge in [0.2, 0.25) is 5.91 Å². The molecule has 0 heterocycles. The fourth-order valence-corrected chi connectivity index (χ4v) is 2.32. The number of amides is 1. The lowest BCUT2D eigenvalue weighted by Gasteiger charge is -2.12. The molecule has 7 heteroatoms. The van der Waals surface area contributed by atoms with E-state index in [-0.39, 0.29) is 37.4 Å². The Morgan fingerprint density at radius 2 is 2.14 bits per heavy atom. The van der Waals surface area contributed by atoms with Gasteiger partial charge in [-0.15, -0.1) is 12.4 Å². The van der Waals surface area contributed by atoms with Crippen LogP contribution in [0.3, 0.4) is 0 Å². The van der Waals surface area contributed by atoms with Gasteiger partial charge in [0.1, 0.15) is 5.75 Å². The van der Waals surface area contributed by atoms with Crippen molar-refractivity contribution in [2.45, 2.75) is 25.3 Å². The van der Waals surface area contributed by atoms with Crippen LogP contribution in [0.2, 0.25) is 10.0 Å². The molecule has 3 N–H and O–H groups in total. The van der Waals surface area contributed by atoms with Gasteiger partial charge in [-0.3, -0.25) is 4.79 Å². The summed E-state index contributed by atoms with van der Waals surface area (Å²) in [5, 5.41) is 3.80. The number of benzene rings is 1. The van der Waals surface area contributed by atoms with E-state index in [1.165, 1.54) is 12.8 Å². The smallest absolute Gasteiger partial charge is 0.223 e. The van der Waals surface area contributed by atoms with E-state index < -0.39 is 0 Å². The van der Waals surface area contributed by atoms with Crippen LogP contribution in [-0.4, -0.2) is 25.1 Å². The van der Waals surface area contributed by atoms with Crippen LogP contribution in [0.25, 0.3) is 0 Å². The van der Waals surface area contributed by atoms with Crippen LogP contribution >= 0.6 is 35.6 Å². The van der Waals surface area contributed by atoms with Gasteiger partial charge in [0.25, 0.3) is 0 Å². The lowest BCUT2D eigenvalue weighted by atomic mass is 10.2. The molecule has 1 saturated carbocycles. The van der Waals surface area contributed by atoms with Gasteiger partial charge in [0.05, 0.1) is 18.1 Å². The van der Waals surface area contributed by atoms with Gasteiger partial charge < -0.3 is 15.8 Å². The zero-order valence-corrected chi connectivity index (χ0v) is 13.8. The molecule has 118 valence electrons. The number of ether oxygens (including phenoxy) is 1. The summed E-state index contributed by atoms with van der Waals surface area (Å²) in [5.74, 6) is 1.05. The maximum absolute atomic E-state index is 11.6. The first-order valence-electron chi connectivity index (χ1n) is 6.66. The van der Waals surface area contributed by atoms with Gasteiger partial charge in [0.15, 0.2) is 0 Å². The molecule has 1 aliphatic rings. The largest absolute Gasteiger partial charge is 0.491 e. The predicted octanol–water partition coefficient (Wildman–Crippen LogP) is 3.04. The fourth-order valence-electron chi connectivity index (χ4n) is 1.86. The summed E-state index contributed by atoms with van der Waals surface area (Å²) < 4.78 is 5.45. The molecule has 0 radical (unpaired) electrons.